The molecular formula is C16H9ClN4O3S. The van der Waals surface area contributed by atoms with Gasteiger partial charge >= 0.3 is 0 Å². The van der Waals surface area contributed by atoms with Gasteiger partial charge in [0.15, 0.2) is 5.65 Å². The van der Waals surface area contributed by atoms with Crippen molar-refractivity contribution in [1.29, 1.82) is 0 Å². The van der Waals surface area contributed by atoms with E-state index in [4.69, 9.17) is 11.6 Å². The van der Waals surface area contributed by atoms with Gasteiger partial charge in [-0.05, 0) is 11.4 Å². The number of benzene rings is 1. The van der Waals surface area contributed by atoms with Crippen LogP contribution in [0.2, 0.25) is 5.15 Å². The minimum Gasteiger partial charge on any atom is -0.278 e. The second-order valence-electron chi connectivity index (χ2n) is 5.22. The van der Waals surface area contributed by atoms with Crippen molar-refractivity contribution in [2.45, 2.75) is 0 Å². The third-order valence-corrected chi connectivity index (χ3v) is 4.85. The first-order valence-electron chi connectivity index (χ1n) is 7.14. The van der Waals surface area contributed by atoms with E-state index in [1.807, 2.05) is 17.5 Å². The number of hydrogen-bond donors (Lipinski definition) is 1. The van der Waals surface area contributed by atoms with Gasteiger partial charge in [0, 0.05) is 28.6 Å². The summed E-state index contributed by atoms with van der Waals surface area (Å²) in [5, 5.41) is 16.0. The lowest BCUT2D eigenvalue weighted by atomic mass is 10.1. The van der Waals surface area contributed by atoms with Crippen LogP contribution in [0, 0.1) is 10.1 Å². The molecule has 0 radical (unpaired) electrons. The van der Waals surface area contributed by atoms with E-state index in [9.17, 15) is 14.9 Å². The summed E-state index contributed by atoms with van der Waals surface area (Å²) < 4.78 is 1.26. The fourth-order valence-electron chi connectivity index (χ4n) is 2.58. The van der Waals surface area contributed by atoms with Gasteiger partial charge in [-0.15, -0.1) is 11.3 Å². The molecule has 0 aliphatic heterocycles. The molecule has 4 rings (SSSR count). The number of nitro groups is 1. The highest BCUT2D eigenvalue weighted by atomic mass is 35.5. The van der Waals surface area contributed by atoms with Crippen molar-refractivity contribution < 1.29 is 4.92 Å². The normalized spacial score (nSPS) is 11.1. The third kappa shape index (κ3) is 2.61. The van der Waals surface area contributed by atoms with Crippen LogP contribution in [0.15, 0.2) is 52.6 Å². The van der Waals surface area contributed by atoms with Crippen LogP contribution in [0.5, 0.6) is 0 Å². The second kappa shape index (κ2) is 5.83. The monoisotopic (exact) mass is 372 g/mol. The van der Waals surface area contributed by atoms with Crippen LogP contribution in [0.3, 0.4) is 0 Å². The van der Waals surface area contributed by atoms with Gasteiger partial charge in [0.05, 0.1) is 16.2 Å². The van der Waals surface area contributed by atoms with Crippen molar-refractivity contribution >= 4 is 34.3 Å². The second-order valence-corrected chi connectivity index (χ2v) is 6.55. The Balaban J connectivity index is 1.98. The molecule has 3 heterocycles. The molecule has 7 nitrogen and oxygen atoms in total. The number of nitro benzene ring substituents is 1. The highest BCUT2D eigenvalue weighted by molar-refractivity contribution is 7.13. The van der Waals surface area contributed by atoms with Crippen molar-refractivity contribution in [2.24, 2.45) is 0 Å². The Morgan fingerprint density at radius 2 is 2.08 bits per heavy atom. The van der Waals surface area contributed by atoms with Crippen molar-refractivity contribution in [2.75, 3.05) is 0 Å². The van der Waals surface area contributed by atoms with Crippen molar-refractivity contribution in [1.82, 2.24) is 14.6 Å². The summed E-state index contributed by atoms with van der Waals surface area (Å²) >= 11 is 7.73. The predicted octanol–water partition coefficient (Wildman–Crippen LogP) is 3.98. The molecule has 0 aliphatic carbocycles. The third-order valence-electron chi connectivity index (χ3n) is 3.69. The van der Waals surface area contributed by atoms with Gasteiger partial charge in [-0.3, -0.25) is 20.0 Å². The number of H-pyrrole nitrogens is 1. The number of halogens is 1. The first-order chi connectivity index (χ1) is 12.0. The highest BCUT2D eigenvalue weighted by Crippen LogP contribution is 2.34. The Kier molecular flexibility index (Phi) is 3.63. The fraction of sp³-hybridized carbons (Fsp3) is 0. The van der Waals surface area contributed by atoms with Gasteiger partial charge in [0.2, 0.25) is 0 Å². The number of aromatic nitrogens is 3. The van der Waals surface area contributed by atoms with Gasteiger partial charge in [0.1, 0.15) is 5.15 Å². The standard InChI is InChI=1S/C16H9ClN4O3S/c17-15-14(12-5-2-6-25-12)16-18-11(8-13(22)20(16)19-15)9-3-1-4-10(7-9)21(23)24/h1-8,19H. The Morgan fingerprint density at radius 1 is 1.24 bits per heavy atom. The minimum atomic E-state index is -0.487. The molecule has 0 atom stereocenters. The number of hydrogen-bond acceptors (Lipinski definition) is 5. The quantitative estimate of drug-likeness (QED) is 0.434. The molecule has 25 heavy (non-hydrogen) atoms. The topological polar surface area (TPSA) is 93.3 Å². The van der Waals surface area contributed by atoms with Crippen LogP contribution < -0.4 is 5.56 Å². The average molecular weight is 373 g/mol. The molecule has 0 bridgehead atoms. The number of nitrogens with one attached hydrogen (secondary N) is 1. The predicted molar refractivity (Wildman–Crippen MR) is 96.2 cm³/mol. The van der Waals surface area contributed by atoms with E-state index in [1.54, 1.807) is 12.1 Å². The summed E-state index contributed by atoms with van der Waals surface area (Å²) in [7, 11) is 0. The number of fused-ring (bicyclic) bond motifs is 1. The number of rotatable bonds is 3. The molecule has 4 aromatic rings. The molecule has 0 aliphatic rings. The largest absolute Gasteiger partial charge is 0.278 e. The zero-order valence-electron chi connectivity index (χ0n) is 12.5. The summed E-state index contributed by atoms with van der Waals surface area (Å²) in [6.45, 7) is 0. The number of thiophene rings is 1. The van der Waals surface area contributed by atoms with Crippen LogP contribution in [-0.2, 0) is 0 Å². The first-order valence-corrected chi connectivity index (χ1v) is 8.40. The maximum Gasteiger partial charge on any atom is 0.273 e. The van der Waals surface area contributed by atoms with Crippen LogP contribution in [0.4, 0.5) is 5.69 Å². The molecule has 124 valence electrons. The molecule has 3 aromatic heterocycles. The minimum absolute atomic E-state index is 0.0647. The average Bonchev–Trinajstić information content (AvgIpc) is 3.22. The fourth-order valence-corrected chi connectivity index (χ4v) is 3.68. The van der Waals surface area contributed by atoms with Crippen LogP contribution >= 0.6 is 22.9 Å². The smallest absolute Gasteiger partial charge is 0.273 e. The lowest BCUT2D eigenvalue weighted by Crippen LogP contribution is -2.14. The molecule has 1 aromatic carbocycles. The van der Waals surface area contributed by atoms with Crippen molar-refractivity contribution in [3.05, 3.63) is 73.5 Å². The Hall–Kier alpha value is -2.97. The van der Waals surface area contributed by atoms with Crippen LogP contribution in [-0.4, -0.2) is 19.5 Å². The van der Waals surface area contributed by atoms with Gasteiger partial charge < -0.3 is 0 Å². The van der Waals surface area contributed by atoms with Gasteiger partial charge in [-0.25, -0.2) is 4.98 Å². The summed E-state index contributed by atoms with van der Waals surface area (Å²) in [4.78, 5) is 28.3. The number of nitrogens with zero attached hydrogens (tertiary/aromatic N) is 3. The summed E-state index contributed by atoms with van der Waals surface area (Å²) in [5.74, 6) is 0. The van der Waals surface area contributed by atoms with Gasteiger partial charge in [-0.2, -0.15) is 4.52 Å². The maximum atomic E-state index is 12.4. The van der Waals surface area contributed by atoms with E-state index in [1.165, 1.54) is 34.1 Å². The van der Waals surface area contributed by atoms with Gasteiger partial charge in [0.25, 0.3) is 11.2 Å². The van der Waals surface area contributed by atoms with Gasteiger partial charge in [-0.1, -0.05) is 29.8 Å². The Labute approximate surface area is 149 Å². The van der Waals surface area contributed by atoms with E-state index in [0.717, 1.165) is 4.88 Å². The van der Waals surface area contributed by atoms with Crippen LogP contribution in [0.1, 0.15) is 0 Å². The summed E-state index contributed by atoms with van der Waals surface area (Å²) in [6.07, 6.45) is 0. The summed E-state index contributed by atoms with van der Waals surface area (Å²) in [6, 6.07) is 11.1. The molecule has 9 heteroatoms. The Bertz CT molecular complexity index is 1160. The van der Waals surface area contributed by atoms with E-state index < -0.39 is 4.92 Å². The van der Waals surface area contributed by atoms with E-state index in [-0.39, 0.29) is 11.2 Å². The van der Waals surface area contributed by atoms with E-state index in [0.29, 0.717) is 27.6 Å². The molecule has 1 N–H and O–H groups in total. The van der Waals surface area contributed by atoms with E-state index >= 15 is 0 Å². The lowest BCUT2D eigenvalue weighted by Gasteiger charge is -2.02. The SMILES string of the molecule is O=c1cc(-c2cccc([N+](=O)[O-])c2)nc2c(-c3cccs3)c(Cl)[nH]n12. The summed E-state index contributed by atoms with van der Waals surface area (Å²) in [5.41, 5.74) is 1.43. The maximum absolute atomic E-state index is 12.4. The lowest BCUT2D eigenvalue weighted by molar-refractivity contribution is -0.384. The zero-order chi connectivity index (χ0) is 17.6. The van der Waals surface area contributed by atoms with Crippen molar-refractivity contribution in [3.63, 3.8) is 0 Å². The molecule has 0 unspecified atom stereocenters. The molecule has 0 amide bonds. The van der Waals surface area contributed by atoms with Crippen molar-refractivity contribution in [3.8, 4) is 21.7 Å². The molecule has 0 fully saturated rings. The first kappa shape index (κ1) is 15.6. The molecule has 0 spiro atoms. The molecule has 0 saturated heterocycles. The van der Waals surface area contributed by atoms with E-state index in [2.05, 4.69) is 10.1 Å². The molecular weight excluding hydrogens is 364 g/mol. The zero-order valence-corrected chi connectivity index (χ0v) is 14.0. The Morgan fingerprint density at radius 3 is 2.80 bits per heavy atom. The number of aromatic amines is 1. The molecule has 0 saturated carbocycles. The highest BCUT2D eigenvalue weighted by Gasteiger charge is 2.18. The number of non-ortho nitro benzene ring substituents is 1. The van der Waals surface area contributed by atoms with Crippen LogP contribution in [0.25, 0.3) is 27.3 Å².